The van der Waals surface area contributed by atoms with E-state index < -0.39 is 5.82 Å². The number of likely N-dealkylation sites (N-methyl/N-ethyl adjacent to an activating group) is 1. The third kappa shape index (κ3) is 3.17. The van der Waals surface area contributed by atoms with Crippen LogP contribution in [0.4, 0.5) is 4.39 Å². The first-order valence-corrected chi connectivity index (χ1v) is 9.08. The van der Waals surface area contributed by atoms with Crippen LogP contribution in [-0.4, -0.2) is 46.4 Å². The fraction of sp³-hybridized carbons (Fsp3) is 0.333. The number of benzene rings is 1. The third-order valence-electron chi connectivity index (χ3n) is 4.43. The number of fused-ring (bicyclic) bond motifs is 1. The summed E-state index contributed by atoms with van der Waals surface area (Å²) in [6, 6.07) is 5.82. The van der Waals surface area contributed by atoms with Crippen LogP contribution in [0, 0.1) is 5.82 Å². The number of nitrogens with zero attached hydrogens (tertiary/aromatic N) is 3. The molecule has 1 fully saturated rings. The lowest BCUT2D eigenvalue weighted by Crippen LogP contribution is -2.38. The minimum atomic E-state index is -0.489. The van der Waals surface area contributed by atoms with Crippen molar-refractivity contribution in [3.8, 4) is 22.9 Å². The Hall–Kier alpha value is -2.25. The lowest BCUT2D eigenvalue weighted by molar-refractivity contribution is 0.101. The van der Waals surface area contributed by atoms with E-state index in [2.05, 4.69) is 22.1 Å². The van der Waals surface area contributed by atoms with Crippen molar-refractivity contribution >= 4 is 21.4 Å². The molecule has 0 spiro atoms. The summed E-state index contributed by atoms with van der Waals surface area (Å²) in [7, 11) is 2.09. The quantitative estimate of drug-likeness (QED) is 0.773. The van der Waals surface area contributed by atoms with Crippen LogP contribution >= 0.6 is 11.3 Å². The Labute approximate surface area is 148 Å². The highest BCUT2D eigenvalue weighted by Gasteiger charge is 2.22. The molecule has 0 saturated carbocycles. The highest BCUT2D eigenvalue weighted by atomic mass is 32.1. The van der Waals surface area contributed by atoms with Gasteiger partial charge in [-0.05, 0) is 50.0 Å². The number of aromatic hydroxyl groups is 1. The molecule has 0 bridgehead atoms. The minimum Gasteiger partial charge on any atom is -0.507 e. The molecule has 0 aliphatic carbocycles. The van der Waals surface area contributed by atoms with Gasteiger partial charge in [0.25, 0.3) is 5.88 Å². The molecule has 4 rings (SSSR count). The molecule has 1 N–H and O–H groups in total. The molecule has 130 valence electrons. The Morgan fingerprint density at radius 1 is 1.32 bits per heavy atom. The van der Waals surface area contributed by atoms with E-state index in [0.717, 1.165) is 42.1 Å². The van der Waals surface area contributed by atoms with E-state index in [1.807, 2.05) is 11.4 Å². The second kappa shape index (κ2) is 6.57. The van der Waals surface area contributed by atoms with E-state index in [-0.39, 0.29) is 11.9 Å². The van der Waals surface area contributed by atoms with Gasteiger partial charge in [0.05, 0.1) is 0 Å². The predicted molar refractivity (Wildman–Crippen MR) is 95.6 cm³/mol. The fourth-order valence-corrected chi connectivity index (χ4v) is 4.03. The van der Waals surface area contributed by atoms with Crippen molar-refractivity contribution in [3.63, 3.8) is 0 Å². The van der Waals surface area contributed by atoms with Gasteiger partial charge in [-0.1, -0.05) is 0 Å². The number of halogens is 1. The zero-order valence-electron chi connectivity index (χ0n) is 13.8. The molecular formula is C18H18FN3O2S. The number of likely N-dealkylation sites (tertiary alicyclic amines) is 1. The van der Waals surface area contributed by atoms with Crippen LogP contribution < -0.4 is 4.74 Å². The van der Waals surface area contributed by atoms with Crippen LogP contribution in [-0.2, 0) is 0 Å². The summed E-state index contributed by atoms with van der Waals surface area (Å²) in [6.45, 7) is 1.96. The first-order chi connectivity index (χ1) is 12.1. The number of phenols is 1. The summed E-state index contributed by atoms with van der Waals surface area (Å²) in [4.78, 5) is 2.25. The van der Waals surface area contributed by atoms with Crippen molar-refractivity contribution < 1.29 is 14.2 Å². The molecule has 1 atom stereocenters. The SMILES string of the molecule is CN1CCC[C@@H](Oc2nnc(-c3ccc(F)cc3O)c3ccsc23)C1. The van der Waals surface area contributed by atoms with Gasteiger partial charge in [0.1, 0.15) is 28.1 Å². The summed E-state index contributed by atoms with van der Waals surface area (Å²) in [5, 5.41) is 21.4. The van der Waals surface area contributed by atoms with Crippen molar-refractivity contribution in [1.82, 2.24) is 15.1 Å². The molecule has 3 aromatic rings. The molecule has 25 heavy (non-hydrogen) atoms. The molecule has 0 radical (unpaired) electrons. The number of hydrogen-bond donors (Lipinski definition) is 1. The van der Waals surface area contributed by atoms with Crippen LogP contribution in [0.1, 0.15) is 12.8 Å². The van der Waals surface area contributed by atoms with Crippen molar-refractivity contribution in [2.75, 3.05) is 20.1 Å². The molecule has 1 aromatic carbocycles. The summed E-state index contributed by atoms with van der Waals surface area (Å²) in [5.41, 5.74) is 0.989. The second-order valence-electron chi connectivity index (χ2n) is 6.32. The number of thiophene rings is 1. The average molecular weight is 359 g/mol. The Bertz CT molecular complexity index is 914. The molecule has 5 nitrogen and oxygen atoms in total. The topological polar surface area (TPSA) is 58.5 Å². The van der Waals surface area contributed by atoms with E-state index in [4.69, 9.17) is 4.74 Å². The van der Waals surface area contributed by atoms with Crippen molar-refractivity contribution in [3.05, 3.63) is 35.5 Å². The molecule has 1 saturated heterocycles. The zero-order chi connectivity index (χ0) is 17.4. The molecule has 3 heterocycles. The fourth-order valence-electron chi connectivity index (χ4n) is 3.21. The predicted octanol–water partition coefficient (Wildman–Crippen LogP) is 3.68. The maximum atomic E-state index is 13.3. The maximum absolute atomic E-state index is 13.3. The average Bonchev–Trinajstić information content (AvgIpc) is 3.06. The molecule has 7 heteroatoms. The first kappa shape index (κ1) is 16.2. The zero-order valence-corrected chi connectivity index (χ0v) is 14.6. The summed E-state index contributed by atoms with van der Waals surface area (Å²) < 4.78 is 20.3. The smallest absolute Gasteiger partial charge is 0.251 e. The summed E-state index contributed by atoms with van der Waals surface area (Å²) in [5.74, 6) is -0.114. The normalized spacial score (nSPS) is 18.6. The van der Waals surface area contributed by atoms with Crippen molar-refractivity contribution in [2.24, 2.45) is 0 Å². The van der Waals surface area contributed by atoms with Gasteiger partial charge >= 0.3 is 0 Å². The molecule has 1 aliphatic heterocycles. The van der Waals surface area contributed by atoms with Gasteiger partial charge in [-0.3, -0.25) is 0 Å². The Balaban J connectivity index is 1.71. The largest absolute Gasteiger partial charge is 0.507 e. The van der Waals surface area contributed by atoms with Crippen LogP contribution in [0.15, 0.2) is 29.6 Å². The number of aromatic nitrogens is 2. The monoisotopic (exact) mass is 359 g/mol. The standard InChI is InChI=1S/C18H18FN3O2S/c1-22-7-2-3-12(10-22)24-18-17-14(6-8-25-17)16(20-21-18)13-5-4-11(19)9-15(13)23/h4-6,8-9,12,23H,2-3,7,10H2,1H3/t12-/m1/s1. The van der Waals surface area contributed by atoms with Crippen LogP contribution in [0.5, 0.6) is 11.6 Å². The lowest BCUT2D eigenvalue weighted by atomic mass is 10.1. The number of rotatable bonds is 3. The lowest BCUT2D eigenvalue weighted by Gasteiger charge is -2.29. The van der Waals surface area contributed by atoms with Gasteiger partial charge < -0.3 is 14.7 Å². The number of ether oxygens (including phenoxy) is 1. The second-order valence-corrected chi connectivity index (χ2v) is 7.24. The number of phenolic OH excluding ortho intramolecular Hbond substituents is 1. The Morgan fingerprint density at radius 3 is 3.00 bits per heavy atom. The van der Waals surface area contributed by atoms with Gasteiger partial charge in [0.2, 0.25) is 0 Å². The molecular weight excluding hydrogens is 341 g/mol. The molecule has 1 aliphatic rings. The summed E-state index contributed by atoms with van der Waals surface area (Å²) >= 11 is 1.52. The number of hydrogen-bond acceptors (Lipinski definition) is 6. The van der Waals surface area contributed by atoms with Crippen molar-refractivity contribution in [2.45, 2.75) is 18.9 Å². The highest BCUT2D eigenvalue weighted by molar-refractivity contribution is 7.17. The molecule has 0 amide bonds. The van der Waals surface area contributed by atoms with E-state index in [1.165, 1.54) is 23.5 Å². The van der Waals surface area contributed by atoms with E-state index >= 15 is 0 Å². The Kier molecular flexibility index (Phi) is 4.27. The number of piperidine rings is 1. The van der Waals surface area contributed by atoms with Gasteiger partial charge in [0, 0.05) is 23.6 Å². The Morgan fingerprint density at radius 2 is 2.20 bits per heavy atom. The highest BCUT2D eigenvalue weighted by Crippen LogP contribution is 2.38. The van der Waals surface area contributed by atoms with Gasteiger partial charge in [0.15, 0.2) is 0 Å². The maximum Gasteiger partial charge on any atom is 0.251 e. The van der Waals surface area contributed by atoms with Crippen LogP contribution in [0.3, 0.4) is 0 Å². The van der Waals surface area contributed by atoms with E-state index in [1.54, 1.807) is 0 Å². The van der Waals surface area contributed by atoms with Gasteiger partial charge in [-0.2, -0.15) is 0 Å². The van der Waals surface area contributed by atoms with Gasteiger partial charge in [-0.15, -0.1) is 21.5 Å². The van der Waals surface area contributed by atoms with Crippen LogP contribution in [0.2, 0.25) is 0 Å². The third-order valence-corrected chi connectivity index (χ3v) is 5.33. The minimum absolute atomic E-state index is 0.100. The van der Waals surface area contributed by atoms with Crippen LogP contribution in [0.25, 0.3) is 21.3 Å². The first-order valence-electron chi connectivity index (χ1n) is 8.20. The molecule has 2 aromatic heterocycles. The van der Waals surface area contributed by atoms with Gasteiger partial charge in [-0.25, -0.2) is 4.39 Å². The van der Waals surface area contributed by atoms with Crippen molar-refractivity contribution in [1.29, 1.82) is 0 Å². The summed E-state index contributed by atoms with van der Waals surface area (Å²) in [6.07, 6.45) is 2.20. The van der Waals surface area contributed by atoms with E-state index in [9.17, 15) is 9.50 Å². The van der Waals surface area contributed by atoms with E-state index in [0.29, 0.717) is 17.1 Å². The molecule has 0 unspecified atom stereocenters.